The molecule has 1 aliphatic heterocycles. The number of nitrogens with one attached hydrogen (secondary N) is 1. The molecule has 1 atom stereocenters. The molecule has 11 heteroatoms. The normalized spacial score (nSPS) is 15.9. The molecule has 0 bridgehead atoms. The molecule has 0 saturated heterocycles. The predicted molar refractivity (Wildman–Crippen MR) is 126 cm³/mol. The number of thioether (sulfide) groups is 1. The minimum Gasteiger partial charge on any atom is -0.476 e. The molecule has 0 radical (unpaired) electrons. The van der Waals surface area contributed by atoms with Crippen LogP contribution in [0.4, 0.5) is 10.8 Å². The summed E-state index contributed by atoms with van der Waals surface area (Å²) < 4.78 is 34.7. The van der Waals surface area contributed by atoms with Crippen molar-refractivity contribution in [3.05, 3.63) is 54.1 Å². The second kappa shape index (κ2) is 9.08. The van der Waals surface area contributed by atoms with Gasteiger partial charge in [0.15, 0.2) is 10.4 Å². The minimum atomic E-state index is -3.90. The molecule has 8 nitrogen and oxygen atoms in total. The Morgan fingerprint density at radius 2 is 1.97 bits per heavy atom. The number of aryl methyl sites for hydroxylation is 1. The number of carbonyl (C=O) groups excluding carboxylic acids is 1. The number of fused-ring (bicyclic) bond motifs is 1. The van der Waals surface area contributed by atoms with Gasteiger partial charge >= 0.3 is 0 Å². The Labute approximate surface area is 195 Å². The second-order valence-corrected chi connectivity index (χ2v) is 12.1. The van der Waals surface area contributed by atoms with Crippen LogP contribution in [-0.2, 0) is 14.8 Å². The monoisotopic (exact) mass is 490 g/mol. The minimum absolute atomic E-state index is 0.146. The van der Waals surface area contributed by atoms with Crippen LogP contribution in [-0.4, -0.2) is 42.4 Å². The van der Waals surface area contributed by atoms with Crippen LogP contribution in [0.5, 0.6) is 5.75 Å². The van der Waals surface area contributed by atoms with E-state index < -0.39 is 22.0 Å². The number of hydrogen-bond donors (Lipinski definition) is 1. The zero-order valence-electron chi connectivity index (χ0n) is 17.7. The van der Waals surface area contributed by atoms with Crippen molar-refractivity contribution in [3.8, 4) is 5.75 Å². The van der Waals surface area contributed by atoms with Gasteiger partial charge in [0.2, 0.25) is 5.13 Å². The summed E-state index contributed by atoms with van der Waals surface area (Å²) in [7, 11) is -3.90. The maximum Gasteiger partial charge on any atom is 0.269 e. The largest absolute Gasteiger partial charge is 0.476 e. The van der Waals surface area contributed by atoms with Gasteiger partial charge in [-0.2, -0.15) is 0 Å². The van der Waals surface area contributed by atoms with Gasteiger partial charge in [0.25, 0.3) is 15.9 Å². The second-order valence-electron chi connectivity index (χ2n) is 7.46. The van der Waals surface area contributed by atoms with Crippen molar-refractivity contribution in [3.63, 3.8) is 0 Å². The number of benzene rings is 2. The fraction of sp³-hybridized carbons (Fsp3) is 0.286. The van der Waals surface area contributed by atoms with E-state index in [0.717, 1.165) is 9.90 Å². The number of sulfonamides is 1. The van der Waals surface area contributed by atoms with Gasteiger partial charge in [0, 0.05) is 5.25 Å². The van der Waals surface area contributed by atoms with Crippen LogP contribution in [0.15, 0.2) is 57.8 Å². The highest BCUT2D eigenvalue weighted by molar-refractivity contribution is 8.01. The summed E-state index contributed by atoms with van der Waals surface area (Å²) in [6.45, 7) is 5.79. The first-order chi connectivity index (χ1) is 15.2. The average Bonchev–Trinajstić information content (AvgIpc) is 3.19. The van der Waals surface area contributed by atoms with E-state index in [1.54, 1.807) is 42.1 Å². The van der Waals surface area contributed by atoms with Crippen molar-refractivity contribution in [1.29, 1.82) is 0 Å². The van der Waals surface area contributed by atoms with Crippen LogP contribution in [0.25, 0.3) is 0 Å². The predicted octanol–water partition coefficient (Wildman–Crippen LogP) is 3.94. The van der Waals surface area contributed by atoms with Gasteiger partial charge in [-0.25, -0.2) is 8.42 Å². The first-order valence-corrected chi connectivity index (χ1v) is 13.0. The summed E-state index contributed by atoms with van der Waals surface area (Å²) in [4.78, 5) is 13.1. The first-order valence-electron chi connectivity index (χ1n) is 9.90. The molecule has 1 amide bonds. The molecule has 1 N–H and O–H groups in total. The zero-order chi connectivity index (χ0) is 22.9. The van der Waals surface area contributed by atoms with E-state index in [0.29, 0.717) is 21.8 Å². The topological polar surface area (TPSA) is 101 Å². The van der Waals surface area contributed by atoms with E-state index in [1.165, 1.54) is 27.8 Å². The zero-order valence-corrected chi connectivity index (χ0v) is 20.1. The maximum atomic E-state index is 13.4. The van der Waals surface area contributed by atoms with Crippen molar-refractivity contribution in [2.24, 2.45) is 0 Å². The van der Waals surface area contributed by atoms with Gasteiger partial charge in [-0.1, -0.05) is 61.2 Å². The van der Waals surface area contributed by atoms with Crippen molar-refractivity contribution >= 4 is 49.8 Å². The lowest BCUT2D eigenvalue weighted by atomic mass is 10.1. The van der Waals surface area contributed by atoms with Crippen LogP contribution in [0, 0.1) is 6.92 Å². The Balaban J connectivity index is 1.62. The van der Waals surface area contributed by atoms with Gasteiger partial charge in [0.05, 0.1) is 17.1 Å². The Kier molecular flexibility index (Phi) is 6.40. The van der Waals surface area contributed by atoms with E-state index in [2.05, 4.69) is 15.5 Å². The van der Waals surface area contributed by atoms with Gasteiger partial charge in [-0.3, -0.25) is 14.4 Å². The summed E-state index contributed by atoms with van der Waals surface area (Å²) >= 11 is 2.82. The number of carbonyl (C=O) groups is 1. The number of nitrogens with zero attached hydrogens (tertiary/aromatic N) is 3. The molecule has 0 fully saturated rings. The fourth-order valence-corrected chi connectivity index (χ4v) is 6.61. The van der Waals surface area contributed by atoms with Crippen LogP contribution in [0.3, 0.4) is 0 Å². The third kappa shape index (κ3) is 4.74. The van der Waals surface area contributed by atoms with Gasteiger partial charge in [0.1, 0.15) is 5.75 Å². The summed E-state index contributed by atoms with van der Waals surface area (Å²) in [5, 5.41) is 11.5. The highest BCUT2D eigenvalue weighted by atomic mass is 32.2. The lowest BCUT2D eigenvalue weighted by molar-refractivity contribution is -0.122. The van der Waals surface area contributed by atoms with E-state index in [9.17, 15) is 13.2 Å². The number of rotatable bonds is 6. The lowest BCUT2D eigenvalue weighted by Crippen LogP contribution is -2.48. The number of anilines is 2. The molecule has 4 rings (SSSR count). The van der Waals surface area contributed by atoms with E-state index in [1.807, 2.05) is 26.8 Å². The molecule has 2 aromatic carbocycles. The van der Waals surface area contributed by atoms with Gasteiger partial charge in [-0.15, -0.1) is 10.2 Å². The van der Waals surface area contributed by atoms with E-state index >= 15 is 0 Å². The standard InChI is InChI=1S/C21H22N4O4S3/c1-13(2)30-21-24-23-20(31-21)22-19(26)18-12-25(16-11-14(3)9-10-17(16)29-18)32(27,28)15-7-5-4-6-8-15/h4-11,13,18H,12H2,1-3H3,(H,22,23,26)/t18-/m1/s1. The molecule has 2 heterocycles. The van der Waals surface area contributed by atoms with Gasteiger partial charge < -0.3 is 4.74 Å². The fourth-order valence-electron chi connectivity index (χ4n) is 3.14. The van der Waals surface area contributed by atoms with Crippen LogP contribution < -0.4 is 14.4 Å². The van der Waals surface area contributed by atoms with Crippen molar-refractivity contribution in [2.75, 3.05) is 16.2 Å². The molecule has 0 saturated carbocycles. The van der Waals surface area contributed by atoms with Crippen LogP contribution in [0.2, 0.25) is 0 Å². The molecule has 0 spiro atoms. The third-order valence-corrected chi connectivity index (χ3v) is 8.30. The van der Waals surface area contributed by atoms with Crippen molar-refractivity contribution < 1.29 is 17.9 Å². The molecule has 3 aromatic rings. The number of aromatic nitrogens is 2. The molecule has 1 aromatic heterocycles. The van der Waals surface area contributed by atoms with E-state index in [4.69, 9.17) is 4.74 Å². The Hall–Kier alpha value is -2.63. The van der Waals surface area contributed by atoms with E-state index in [-0.39, 0.29) is 11.4 Å². The molecular weight excluding hydrogens is 468 g/mol. The van der Waals surface area contributed by atoms with Crippen LogP contribution >= 0.6 is 23.1 Å². The maximum absolute atomic E-state index is 13.4. The summed E-state index contributed by atoms with van der Waals surface area (Å²) in [6.07, 6.45) is -1.05. The number of amides is 1. The Morgan fingerprint density at radius 3 is 2.69 bits per heavy atom. The highest BCUT2D eigenvalue weighted by Crippen LogP contribution is 2.38. The first kappa shape index (κ1) is 22.6. The molecular formula is C21H22N4O4S3. The SMILES string of the molecule is Cc1ccc2c(c1)N(S(=O)(=O)c1ccccc1)C[C@H](C(=O)Nc1nnc(SC(C)C)s1)O2. The molecule has 0 aliphatic carbocycles. The average molecular weight is 491 g/mol. The quantitative estimate of drug-likeness (QED) is 0.412. The highest BCUT2D eigenvalue weighted by Gasteiger charge is 2.38. The summed E-state index contributed by atoms with van der Waals surface area (Å²) in [5.41, 5.74) is 1.29. The number of ether oxygens (including phenoxy) is 1. The third-order valence-electron chi connectivity index (χ3n) is 4.58. The lowest BCUT2D eigenvalue weighted by Gasteiger charge is -2.34. The summed E-state index contributed by atoms with van der Waals surface area (Å²) in [5.74, 6) is -0.156. The Bertz CT molecular complexity index is 1230. The van der Waals surface area contributed by atoms with Crippen LogP contribution in [0.1, 0.15) is 19.4 Å². The molecule has 1 aliphatic rings. The Morgan fingerprint density at radius 1 is 1.22 bits per heavy atom. The molecule has 0 unspecified atom stereocenters. The smallest absolute Gasteiger partial charge is 0.269 e. The summed E-state index contributed by atoms with van der Waals surface area (Å²) in [6, 6.07) is 13.4. The van der Waals surface area contributed by atoms with Crippen molar-refractivity contribution in [2.45, 2.75) is 41.4 Å². The molecule has 32 heavy (non-hydrogen) atoms. The number of hydrogen-bond acceptors (Lipinski definition) is 8. The van der Waals surface area contributed by atoms with Gasteiger partial charge in [-0.05, 0) is 36.8 Å². The van der Waals surface area contributed by atoms with Crippen molar-refractivity contribution in [1.82, 2.24) is 10.2 Å². The molecule has 168 valence electrons.